The lowest BCUT2D eigenvalue weighted by Gasteiger charge is -2.35. The fourth-order valence-corrected chi connectivity index (χ4v) is 3.22. The maximum absolute atomic E-state index is 12.1. The maximum atomic E-state index is 12.1. The van der Waals surface area contributed by atoms with Gasteiger partial charge < -0.3 is 19.7 Å². The van der Waals surface area contributed by atoms with Gasteiger partial charge in [0.1, 0.15) is 0 Å². The van der Waals surface area contributed by atoms with Crippen molar-refractivity contribution in [2.24, 2.45) is 23.2 Å². The van der Waals surface area contributed by atoms with Crippen molar-refractivity contribution in [2.75, 3.05) is 13.2 Å². The van der Waals surface area contributed by atoms with E-state index < -0.39 is 11.5 Å². The van der Waals surface area contributed by atoms with E-state index in [2.05, 4.69) is 0 Å². The first-order valence-corrected chi connectivity index (χ1v) is 10.2. The highest BCUT2D eigenvalue weighted by Gasteiger charge is 2.34. The first-order chi connectivity index (χ1) is 13.1. The fraction of sp³-hybridized carbons (Fsp3) is 0.696. The molecule has 0 bridgehead atoms. The van der Waals surface area contributed by atoms with Crippen LogP contribution in [0.1, 0.15) is 53.5 Å². The number of hydrogen-bond acceptors (Lipinski definition) is 5. The summed E-state index contributed by atoms with van der Waals surface area (Å²) in [6.45, 7) is 11.9. The highest BCUT2D eigenvalue weighted by atomic mass is 16.5. The summed E-state index contributed by atoms with van der Waals surface area (Å²) in [5.74, 6) is -0.779. The first kappa shape index (κ1) is 24.6. The van der Waals surface area contributed by atoms with Crippen molar-refractivity contribution in [1.82, 2.24) is 0 Å². The Morgan fingerprint density at radius 2 is 1.75 bits per heavy atom. The number of hydrogen-bond donors (Lipinski definition) is 2. The van der Waals surface area contributed by atoms with Crippen molar-refractivity contribution in [2.45, 2.75) is 66.8 Å². The Kier molecular flexibility index (Phi) is 10.1. The molecule has 0 fully saturated rings. The monoisotopic (exact) mass is 394 g/mol. The largest absolute Gasteiger partial charge is 0.465 e. The van der Waals surface area contributed by atoms with Crippen molar-refractivity contribution in [1.29, 1.82) is 0 Å². The molecular weight excluding hydrogens is 356 g/mol. The Balaban J connectivity index is 2.87. The van der Waals surface area contributed by atoms with Crippen LogP contribution in [0.5, 0.6) is 0 Å². The van der Waals surface area contributed by atoms with Crippen LogP contribution >= 0.6 is 0 Å². The fourth-order valence-electron chi connectivity index (χ4n) is 3.22. The van der Waals surface area contributed by atoms with Gasteiger partial charge in [-0.25, -0.2) is 0 Å². The zero-order chi connectivity index (χ0) is 21.3. The van der Waals surface area contributed by atoms with Gasteiger partial charge in [0, 0.05) is 24.4 Å². The molecule has 0 aliphatic rings. The molecule has 1 rings (SSSR count). The molecule has 0 spiro atoms. The molecule has 5 nitrogen and oxygen atoms in total. The van der Waals surface area contributed by atoms with E-state index in [0.717, 1.165) is 5.56 Å². The van der Waals surface area contributed by atoms with Crippen LogP contribution in [0.4, 0.5) is 0 Å². The highest BCUT2D eigenvalue weighted by molar-refractivity contribution is 5.75. The number of aliphatic hydroxyl groups excluding tert-OH is 2. The predicted molar refractivity (Wildman–Crippen MR) is 111 cm³/mol. The minimum absolute atomic E-state index is 0.0686. The number of ether oxygens (including phenoxy) is 2. The molecule has 2 N–H and O–H groups in total. The minimum Gasteiger partial charge on any atom is -0.465 e. The molecule has 160 valence electrons. The summed E-state index contributed by atoms with van der Waals surface area (Å²) >= 11 is 0. The van der Waals surface area contributed by atoms with Crippen LogP contribution < -0.4 is 0 Å². The van der Waals surface area contributed by atoms with Gasteiger partial charge in [-0.15, -0.1) is 0 Å². The summed E-state index contributed by atoms with van der Waals surface area (Å²) < 4.78 is 11.7. The van der Waals surface area contributed by atoms with Gasteiger partial charge in [0.25, 0.3) is 0 Å². The normalized spacial score (nSPS) is 17.4. The van der Waals surface area contributed by atoms with Gasteiger partial charge in [0.2, 0.25) is 0 Å². The van der Waals surface area contributed by atoms with E-state index in [1.54, 1.807) is 0 Å². The Hall–Kier alpha value is -1.43. The standard InChI is InChI=1S/C23H38O5/c1-7-19(13-24)20(25)17(3)21(27-15-18-11-9-8-10-12-18)16(2)14-28-22(26)23(4,5)6/h8-12,16-17,19-21,24-25H,7,13-15H2,1-6H3/t16-,17+,19-,20+,21-/m1/s1. The molecule has 0 radical (unpaired) electrons. The molecule has 1 aromatic rings. The zero-order valence-electron chi connectivity index (χ0n) is 18.2. The van der Waals surface area contributed by atoms with Gasteiger partial charge in [-0.2, -0.15) is 0 Å². The van der Waals surface area contributed by atoms with Crippen molar-refractivity contribution >= 4 is 5.97 Å². The first-order valence-electron chi connectivity index (χ1n) is 10.2. The van der Waals surface area contributed by atoms with Crippen LogP contribution in [0.15, 0.2) is 30.3 Å². The van der Waals surface area contributed by atoms with E-state index in [9.17, 15) is 15.0 Å². The van der Waals surface area contributed by atoms with Gasteiger partial charge in [-0.05, 0) is 32.8 Å². The molecule has 28 heavy (non-hydrogen) atoms. The summed E-state index contributed by atoms with van der Waals surface area (Å²) in [4.78, 5) is 12.1. The Bertz CT molecular complexity index is 562. The molecule has 5 heteroatoms. The number of benzene rings is 1. The Morgan fingerprint density at radius 3 is 2.25 bits per heavy atom. The molecule has 0 heterocycles. The van der Waals surface area contributed by atoms with Gasteiger partial charge in [0.05, 0.1) is 30.8 Å². The van der Waals surface area contributed by atoms with Gasteiger partial charge in [0.15, 0.2) is 0 Å². The van der Waals surface area contributed by atoms with Crippen LogP contribution in [0.25, 0.3) is 0 Å². The van der Waals surface area contributed by atoms with E-state index in [0.29, 0.717) is 13.0 Å². The summed E-state index contributed by atoms with van der Waals surface area (Å²) in [7, 11) is 0. The predicted octanol–water partition coefficient (Wildman–Crippen LogP) is 3.81. The molecule has 0 aliphatic heterocycles. The number of rotatable bonds is 11. The van der Waals surface area contributed by atoms with Crippen molar-refractivity contribution in [3.05, 3.63) is 35.9 Å². The average molecular weight is 395 g/mol. The molecule has 0 saturated heterocycles. The van der Waals surface area contributed by atoms with E-state index in [-0.39, 0.29) is 43.0 Å². The molecule has 1 aromatic carbocycles. The molecule has 0 amide bonds. The quantitative estimate of drug-likeness (QED) is 0.558. The Morgan fingerprint density at radius 1 is 1.14 bits per heavy atom. The topological polar surface area (TPSA) is 76.0 Å². The Labute approximate surface area is 170 Å². The van der Waals surface area contributed by atoms with Gasteiger partial charge >= 0.3 is 5.97 Å². The molecular formula is C23H38O5. The van der Waals surface area contributed by atoms with Crippen LogP contribution in [-0.2, 0) is 20.9 Å². The smallest absolute Gasteiger partial charge is 0.311 e. The third kappa shape index (κ3) is 7.53. The van der Waals surface area contributed by atoms with Crippen molar-refractivity contribution < 1.29 is 24.5 Å². The summed E-state index contributed by atoms with van der Waals surface area (Å²) in [6.07, 6.45) is -0.332. The molecule has 0 aromatic heterocycles. The van der Waals surface area contributed by atoms with Gasteiger partial charge in [-0.3, -0.25) is 4.79 Å². The van der Waals surface area contributed by atoms with Crippen molar-refractivity contribution in [3.63, 3.8) is 0 Å². The molecule has 0 unspecified atom stereocenters. The second-order valence-corrected chi connectivity index (χ2v) is 8.79. The summed E-state index contributed by atoms with van der Waals surface area (Å²) in [5, 5.41) is 20.3. The van der Waals surface area contributed by atoms with E-state index in [4.69, 9.17) is 9.47 Å². The summed E-state index contributed by atoms with van der Waals surface area (Å²) in [5.41, 5.74) is 0.484. The zero-order valence-corrected chi connectivity index (χ0v) is 18.2. The third-order valence-corrected chi connectivity index (χ3v) is 5.23. The number of carbonyl (C=O) groups excluding carboxylic acids is 1. The molecule has 0 aliphatic carbocycles. The maximum Gasteiger partial charge on any atom is 0.311 e. The third-order valence-electron chi connectivity index (χ3n) is 5.23. The lowest BCUT2D eigenvalue weighted by molar-refractivity contribution is -0.158. The minimum atomic E-state index is -0.698. The van der Waals surface area contributed by atoms with E-state index in [1.165, 1.54) is 0 Å². The van der Waals surface area contributed by atoms with Crippen LogP contribution in [-0.4, -0.2) is 41.6 Å². The number of esters is 1. The second kappa shape index (κ2) is 11.5. The van der Waals surface area contributed by atoms with E-state index in [1.807, 2.05) is 71.9 Å². The SMILES string of the molecule is CC[C@H](CO)[C@@H](O)[C@H](C)[C@H](OCc1ccccc1)[C@H](C)COC(=O)C(C)(C)C. The van der Waals surface area contributed by atoms with Crippen molar-refractivity contribution in [3.8, 4) is 0 Å². The van der Waals surface area contributed by atoms with Crippen LogP contribution in [0.2, 0.25) is 0 Å². The lowest BCUT2D eigenvalue weighted by atomic mass is 9.83. The second-order valence-electron chi connectivity index (χ2n) is 8.79. The summed E-state index contributed by atoms with van der Waals surface area (Å²) in [6, 6.07) is 9.85. The molecule has 5 atom stereocenters. The van der Waals surface area contributed by atoms with Gasteiger partial charge in [-0.1, -0.05) is 51.1 Å². The number of carbonyl (C=O) groups is 1. The number of aliphatic hydroxyl groups is 2. The molecule has 0 saturated carbocycles. The van der Waals surface area contributed by atoms with E-state index >= 15 is 0 Å². The van der Waals surface area contributed by atoms with Crippen LogP contribution in [0, 0.1) is 23.2 Å². The van der Waals surface area contributed by atoms with Crippen LogP contribution in [0.3, 0.4) is 0 Å². The average Bonchev–Trinajstić information content (AvgIpc) is 2.66. The lowest BCUT2D eigenvalue weighted by Crippen LogP contribution is -2.42. The highest BCUT2D eigenvalue weighted by Crippen LogP contribution is 2.27.